The van der Waals surface area contributed by atoms with Crippen LogP contribution in [0.1, 0.15) is 19.8 Å². The molecule has 1 heterocycles. The first-order valence-corrected chi connectivity index (χ1v) is 3.78. The fourth-order valence-electron chi connectivity index (χ4n) is 1.43. The first-order chi connectivity index (χ1) is 4.34. The quantitative estimate of drug-likeness (QED) is 0.534. The third kappa shape index (κ3) is 1.66. The van der Waals surface area contributed by atoms with Gasteiger partial charge in [-0.05, 0) is 25.3 Å². The summed E-state index contributed by atoms with van der Waals surface area (Å²) in [4.78, 5) is 0. The van der Waals surface area contributed by atoms with Gasteiger partial charge in [0.15, 0.2) is 0 Å². The van der Waals surface area contributed by atoms with E-state index in [2.05, 4.69) is 12.2 Å². The minimum atomic E-state index is 0.582. The molecule has 0 unspecified atom stereocenters. The van der Waals surface area contributed by atoms with E-state index in [1.54, 1.807) is 0 Å². The topological polar surface area (TPSA) is 38.0 Å². The van der Waals surface area contributed by atoms with Gasteiger partial charge in [0.05, 0.1) is 0 Å². The van der Waals surface area contributed by atoms with Crippen LogP contribution in [0.3, 0.4) is 0 Å². The van der Waals surface area contributed by atoms with Crippen molar-refractivity contribution in [2.45, 2.75) is 25.8 Å². The van der Waals surface area contributed by atoms with Crippen LogP contribution in [0.25, 0.3) is 0 Å². The lowest BCUT2D eigenvalue weighted by molar-refractivity contribution is 0.306. The van der Waals surface area contributed by atoms with Crippen LogP contribution in [0.5, 0.6) is 0 Å². The number of rotatable bonds is 1. The SMILES string of the molecule is C[C@H]1CCCN[C@@H]1CN. The molecule has 0 spiro atoms. The third-order valence-corrected chi connectivity index (χ3v) is 2.18. The van der Waals surface area contributed by atoms with Gasteiger partial charge in [0, 0.05) is 12.6 Å². The Morgan fingerprint density at radius 3 is 2.89 bits per heavy atom. The summed E-state index contributed by atoms with van der Waals surface area (Å²) in [7, 11) is 0. The Hall–Kier alpha value is -0.0800. The maximum absolute atomic E-state index is 5.53. The zero-order valence-electron chi connectivity index (χ0n) is 6.06. The first-order valence-electron chi connectivity index (χ1n) is 3.78. The van der Waals surface area contributed by atoms with Gasteiger partial charge < -0.3 is 11.1 Å². The molecule has 1 aliphatic heterocycles. The summed E-state index contributed by atoms with van der Waals surface area (Å²) >= 11 is 0. The van der Waals surface area contributed by atoms with Crippen LogP contribution in [0.4, 0.5) is 0 Å². The van der Waals surface area contributed by atoms with E-state index in [-0.39, 0.29) is 0 Å². The minimum absolute atomic E-state index is 0.582. The summed E-state index contributed by atoms with van der Waals surface area (Å²) in [6.45, 7) is 4.22. The highest BCUT2D eigenvalue weighted by Gasteiger charge is 2.18. The molecule has 0 amide bonds. The van der Waals surface area contributed by atoms with E-state index in [1.165, 1.54) is 12.8 Å². The van der Waals surface area contributed by atoms with Gasteiger partial charge in [-0.25, -0.2) is 0 Å². The van der Waals surface area contributed by atoms with Crippen molar-refractivity contribution in [1.29, 1.82) is 0 Å². The predicted octanol–water partition coefficient (Wildman–Crippen LogP) is 0.333. The molecule has 0 aromatic rings. The molecule has 0 radical (unpaired) electrons. The normalized spacial score (nSPS) is 36.7. The molecule has 54 valence electrons. The second kappa shape index (κ2) is 3.18. The van der Waals surface area contributed by atoms with Crippen molar-refractivity contribution < 1.29 is 0 Å². The summed E-state index contributed by atoms with van der Waals surface area (Å²) in [5.41, 5.74) is 5.53. The number of nitrogens with one attached hydrogen (secondary N) is 1. The summed E-state index contributed by atoms with van der Waals surface area (Å²) in [5, 5.41) is 3.39. The molecule has 1 aliphatic rings. The van der Waals surface area contributed by atoms with Crippen molar-refractivity contribution in [3.63, 3.8) is 0 Å². The van der Waals surface area contributed by atoms with E-state index in [0.717, 1.165) is 19.0 Å². The van der Waals surface area contributed by atoms with Crippen LogP contribution < -0.4 is 11.1 Å². The van der Waals surface area contributed by atoms with Crippen LogP contribution in [0.2, 0.25) is 0 Å². The fraction of sp³-hybridized carbons (Fsp3) is 1.00. The summed E-state index contributed by atoms with van der Waals surface area (Å²) in [5.74, 6) is 0.781. The van der Waals surface area contributed by atoms with Crippen molar-refractivity contribution >= 4 is 0 Å². The largest absolute Gasteiger partial charge is 0.329 e. The molecule has 2 heteroatoms. The molecule has 2 nitrogen and oxygen atoms in total. The number of hydrogen-bond acceptors (Lipinski definition) is 2. The monoisotopic (exact) mass is 128 g/mol. The third-order valence-electron chi connectivity index (χ3n) is 2.18. The van der Waals surface area contributed by atoms with Crippen LogP contribution in [-0.2, 0) is 0 Å². The summed E-state index contributed by atoms with van der Waals surface area (Å²) in [6, 6.07) is 0.582. The van der Waals surface area contributed by atoms with Gasteiger partial charge in [-0.3, -0.25) is 0 Å². The van der Waals surface area contributed by atoms with Gasteiger partial charge in [-0.15, -0.1) is 0 Å². The van der Waals surface area contributed by atoms with Gasteiger partial charge in [0.2, 0.25) is 0 Å². The zero-order chi connectivity index (χ0) is 6.69. The Bertz CT molecular complexity index is 83.0. The Morgan fingerprint density at radius 1 is 1.67 bits per heavy atom. The molecule has 1 rings (SSSR count). The van der Waals surface area contributed by atoms with Gasteiger partial charge in [0.25, 0.3) is 0 Å². The molecule has 3 N–H and O–H groups in total. The van der Waals surface area contributed by atoms with Gasteiger partial charge >= 0.3 is 0 Å². The Balaban J connectivity index is 2.30. The summed E-state index contributed by atoms with van der Waals surface area (Å²) < 4.78 is 0. The first kappa shape index (κ1) is 7.03. The molecule has 2 atom stereocenters. The van der Waals surface area contributed by atoms with Crippen LogP contribution in [0, 0.1) is 5.92 Å². The lowest BCUT2D eigenvalue weighted by atomic mass is 9.93. The van der Waals surface area contributed by atoms with Crippen molar-refractivity contribution in [3.8, 4) is 0 Å². The molecule has 9 heavy (non-hydrogen) atoms. The lowest BCUT2D eigenvalue weighted by Crippen LogP contribution is -2.44. The van der Waals surface area contributed by atoms with Gasteiger partial charge in [0.1, 0.15) is 0 Å². The van der Waals surface area contributed by atoms with E-state index in [9.17, 15) is 0 Å². The standard InChI is InChI=1S/C7H16N2/c1-6-3-2-4-9-7(6)5-8/h6-7,9H,2-5,8H2,1H3/t6-,7+/m0/s1. The second-order valence-corrected chi connectivity index (χ2v) is 2.92. The molecule has 0 aromatic heterocycles. The Labute approximate surface area is 56.8 Å². The Kier molecular flexibility index (Phi) is 2.49. The zero-order valence-corrected chi connectivity index (χ0v) is 6.06. The van der Waals surface area contributed by atoms with E-state index in [4.69, 9.17) is 5.73 Å². The van der Waals surface area contributed by atoms with Gasteiger partial charge in [-0.1, -0.05) is 6.92 Å². The van der Waals surface area contributed by atoms with Crippen molar-refractivity contribution in [2.24, 2.45) is 11.7 Å². The Morgan fingerprint density at radius 2 is 2.44 bits per heavy atom. The predicted molar refractivity (Wildman–Crippen MR) is 39.2 cm³/mol. The van der Waals surface area contributed by atoms with Crippen molar-refractivity contribution in [1.82, 2.24) is 5.32 Å². The molecule has 0 aliphatic carbocycles. The molecule has 1 fully saturated rings. The molecule has 0 aromatic carbocycles. The van der Waals surface area contributed by atoms with Crippen LogP contribution in [0.15, 0.2) is 0 Å². The number of piperidine rings is 1. The highest BCUT2D eigenvalue weighted by atomic mass is 14.9. The van der Waals surface area contributed by atoms with Crippen molar-refractivity contribution in [2.75, 3.05) is 13.1 Å². The molecular weight excluding hydrogens is 112 g/mol. The average Bonchev–Trinajstić information content (AvgIpc) is 1.89. The highest BCUT2D eigenvalue weighted by Crippen LogP contribution is 2.13. The van der Waals surface area contributed by atoms with Crippen molar-refractivity contribution in [3.05, 3.63) is 0 Å². The molecule has 1 saturated heterocycles. The highest BCUT2D eigenvalue weighted by molar-refractivity contribution is 4.78. The summed E-state index contributed by atoms with van der Waals surface area (Å²) in [6.07, 6.45) is 2.66. The van der Waals surface area contributed by atoms with Crippen LogP contribution in [-0.4, -0.2) is 19.1 Å². The number of hydrogen-bond donors (Lipinski definition) is 2. The van der Waals surface area contributed by atoms with E-state index in [0.29, 0.717) is 6.04 Å². The minimum Gasteiger partial charge on any atom is -0.329 e. The van der Waals surface area contributed by atoms with E-state index < -0.39 is 0 Å². The average molecular weight is 128 g/mol. The van der Waals surface area contributed by atoms with E-state index in [1.807, 2.05) is 0 Å². The molecule has 0 saturated carbocycles. The second-order valence-electron chi connectivity index (χ2n) is 2.92. The lowest BCUT2D eigenvalue weighted by Gasteiger charge is -2.28. The number of nitrogens with two attached hydrogens (primary N) is 1. The van der Waals surface area contributed by atoms with E-state index >= 15 is 0 Å². The molecule has 0 bridgehead atoms. The molecular formula is C7H16N2. The smallest absolute Gasteiger partial charge is 0.0215 e. The maximum Gasteiger partial charge on any atom is 0.0215 e. The maximum atomic E-state index is 5.53. The van der Waals surface area contributed by atoms with Crippen LogP contribution >= 0.6 is 0 Å². The van der Waals surface area contributed by atoms with Gasteiger partial charge in [-0.2, -0.15) is 0 Å². The fourth-order valence-corrected chi connectivity index (χ4v) is 1.43.